The molecule has 0 unspecified atom stereocenters. The Labute approximate surface area is 128 Å². The van der Waals surface area contributed by atoms with E-state index in [1.807, 2.05) is 29.9 Å². The van der Waals surface area contributed by atoms with Crippen LogP contribution in [0, 0.1) is 6.92 Å². The molecular weight excluding hydrogens is 284 g/mol. The number of benzene rings is 1. The third-order valence-electron chi connectivity index (χ3n) is 3.24. The van der Waals surface area contributed by atoms with E-state index in [0.717, 1.165) is 23.6 Å². The second-order valence-corrected chi connectivity index (χ2v) is 5.12. The number of rotatable bonds is 4. The van der Waals surface area contributed by atoms with Gasteiger partial charge >= 0.3 is 0 Å². The first-order valence-corrected chi connectivity index (χ1v) is 7.06. The van der Waals surface area contributed by atoms with Crippen LogP contribution in [0.1, 0.15) is 11.3 Å². The Kier molecular flexibility index (Phi) is 3.88. The van der Waals surface area contributed by atoms with Gasteiger partial charge in [0.2, 0.25) is 0 Å². The summed E-state index contributed by atoms with van der Waals surface area (Å²) in [7, 11) is 0. The number of nitrogens with zero attached hydrogens (tertiary/aromatic N) is 3. The van der Waals surface area contributed by atoms with Crippen LogP contribution in [0.3, 0.4) is 0 Å². The molecule has 2 aromatic heterocycles. The molecule has 2 heterocycles. The van der Waals surface area contributed by atoms with Crippen molar-refractivity contribution in [1.29, 1.82) is 0 Å². The number of anilines is 1. The molecule has 1 aromatic carbocycles. The standard InChI is InChI=1S/C16H15ClN4/c1-12-15(7-8-16(17)20-12)18-11-13-3-5-14(6-4-13)21-10-2-9-19-21/h2-10,18H,11H2,1H3. The number of pyridine rings is 1. The summed E-state index contributed by atoms with van der Waals surface area (Å²) < 4.78 is 1.84. The van der Waals surface area contributed by atoms with Crippen molar-refractivity contribution in [3.63, 3.8) is 0 Å². The minimum atomic E-state index is 0.515. The molecular formula is C16H15ClN4. The molecule has 1 N–H and O–H groups in total. The van der Waals surface area contributed by atoms with E-state index in [2.05, 4.69) is 39.7 Å². The van der Waals surface area contributed by atoms with Gasteiger partial charge in [0, 0.05) is 18.9 Å². The van der Waals surface area contributed by atoms with Crippen molar-refractivity contribution < 1.29 is 0 Å². The maximum atomic E-state index is 5.85. The lowest BCUT2D eigenvalue weighted by atomic mass is 10.2. The Morgan fingerprint density at radius 1 is 1.14 bits per heavy atom. The van der Waals surface area contributed by atoms with Gasteiger partial charge in [0.15, 0.2) is 0 Å². The van der Waals surface area contributed by atoms with Gasteiger partial charge in [-0.25, -0.2) is 9.67 Å². The summed E-state index contributed by atoms with van der Waals surface area (Å²) in [6.07, 6.45) is 3.70. The Morgan fingerprint density at radius 3 is 2.62 bits per heavy atom. The molecule has 0 radical (unpaired) electrons. The molecule has 0 bridgehead atoms. The molecule has 106 valence electrons. The topological polar surface area (TPSA) is 42.7 Å². The highest BCUT2D eigenvalue weighted by Crippen LogP contribution is 2.17. The molecule has 0 aliphatic rings. The summed E-state index contributed by atoms with van der Waals surface area (Å²) in [5.74, 6) is 0. The van der Waals surface area contributed by atoms with Crippen molar-refractivity contribution in [1.82, 2.24) is 14.8 Å². The molecule has 0 saturated carbocycles. The minimum absolute atomic E-state index is 0.515. The number of aryl methyl sites for hydroxylation is 1. The van der Waals surface area contributed by atoms with Gasteiger partial charge in [-0.15, -0.1) is 0 Å². The monoisotopic (exact) mass is 298 g/mol. The van der Waals surface area contributed by atoms with E-state index in [1.54, 1.807) is 12.3 Å². The summed E-state index contributed by atoms with van der Waals surface area (Å²) in [4.78, 5) is 4.23. The quantitative estimate of drug-likeness (QED) is 0.744. The largest absolute Gasteiger partial charge is 0.380 e. The van der Waals surface area contributed by atoms with Crippen molar-refractivity contribution in [3.05, 3.63) is 71.3 Å². The zero-order valence-electron chi connectivity index (χ0n) is 11.6. The van der Waals surface area contributed by atoms with Crippen LogP contribution in [-0.2, 0) is 6.54 Å². The molecule has 5 heteroatoms. The maximum Gasteiger partial charge on any atom is 0.129 e. The molecule has 0 atom stereocenters. The van der Waals surface area contributed by atoms with Gasteiger partial charge in [0.05, 0.1) is 17.1 Å². The van der Waals surface area contributed by atoms with Crippen LogP contribution < -0.4 is 5.32 Å². The van der Waals surface area contributed by atoms with E-state index in [-0.39, 0.29) is 0 Å². The Balaban J connectivity index is 1.68. The molecule has 4 nitrogen and oxygen atoms in total. The number of hydrogen-bond donors (Lipinski definition) is 1. The van der Waals surface area contributed by atoms with E-state index in [9.17, 15) is 0 Å². The average Bonchev–Trinajstić information content (AvgIpc) is 3.01. The van der Waals surface area contributed by atoms with Gasteiger partial charge in [-0.2, -0.15) is 5.10 Å². The fourth-order valence-electron chi connectivity index (χ4n) is 2.10. The summed E-state index contributed by atoms with van der Waals surface area (Å²) in [5.41, 5.74) is 4.14. The van der Waals surface area contributed by atoms with Gasteiger partial charge in [-0.3, -0.25) is 0 Å². The molecule has 21 heavy (non-hydrogen) atoms. The Morgan fingerprint density at radius 2 is 1.95 bits per heavy atom. The van der Waals surface area contributed by atoms with Gasteiger partial charge in [-0.1, -0.05) is 23.7 Å². The molecule has 0 spiro atoms. The lowest BCUT2D eigenvalue weighted by Gasteiger charge is -2.10. The fourth-order valence-corrected chi connectivity index (χ4v) is 2.29. The van der Waals surface area contributed by atoms with Gasteiger partial charge < -0.3 is 5.32 Å². The van der Waals surface area contributed by atoms with Crippen LogP contribution in [0.15, 0.2) is 54.9 Å². The molecule has 0 fully saturated rings. The van der Waals surface area contributed by atoms with Gasteiger partial charge in [0.1, 0.15) is 5.15 Å². The van der Waals surface area contributed by atoms with Crippen LogP contribution in [-0.4, -0.2) is 14.8 Å². The first kappa shape index (κ1) is 13.6. The van der Waals surface area contributed by atoms with Crippen LogP contribution in [0.25, 0.3) is 5.69 Å². The van der Waals surface area contributed by atoms with Gasteiger partial charge in [-0.05, 0) is 42.8 Å². The van der Waals surface area contributed by atoms with Crippen molar-refractivity contribution in [2.75, 3.05) is 5.32 Å². The van der Waals surface area contributed by atoms with E-state index in [4.69, 9.17) is 11.6 Å². The third kappa shape index (κ3) is 3.23. The van der Waals surface area contributed by atoms with E-state index in [0.29, 0.717) is 5.15 Å². The second kappa shape index (κ2) is 5.97. The summed E-state index contributed by atoms with van der Waals surface area (Å²) >= 11 is 5.85. The first-order valence-electron chi connectivity index (χ1n) is 6.68. The molecule has 0 saturated heterocycles. The van der Waals surface area contributed by atoms with Crippen molar-refractivity contribution in [3.8, 4) is 5.69 Å². The molecule has 0 aliphatic carbocycles. The lowest BCUT2D eigenvalue weighted by molar-refractivity contribution is 0.879. The first-order chi connectivity index (χ1) is 10.2. The third-order valence-corrected chi connectivity index (χ3v) is 3.45. The van der Waals surface area contributed by atoms with Crippen molar-refractivity contribution in [2.45, 2.75) is 13.5 Å². The highest BCUT2D eigenvalue weighted by atomic mass is 35.5. The molecule has 0 amide bonds. The summed E-state index contributed by atoms with van der Waals surface area (Å²) in [5, 5.41) is 8.09. The van der Waals surface area contributed by atoms with Crippen LogP contribution in [0.4, 0.5) is 5.69 Å². The SMILES string of the molecule is Cc1nc(Cl)ccc1NCc1ccc(-n2cccn2)cc1. The maximum absolute atomic E-state index is 5.85. The van der Waals surface area contributed by atoms with Crippen molar-refractivity contribution in [2.24, 2.45) is 0 Å². The van der Waals surface area contributed by atoms with Gasteiger partial charge in [0.25, 0.3) is 0 Å². The Hall–Kier alpha value is -2.33. The average molecular weight is 299 g/mol. The predicted molar refractivity (Wildman–Crippen MR) is 84.9 cm³/mol. The number of halogens is 1. The molecule has 0 aliphatic heterocycles. The van der Waals surface area contributed by atoms with Crippen LogP contribution >= 0.6 is 11.6 Å². The Bertz CT molecular complexity index is 721. The summed E-state index contributed by atoms with van der Waals surface area (Å²) in [6.45, 7) is 2.68. The summed E-state index contributed by atoms with van der Waals surface area (Å²) in [6, 6.07) is 13.9. The smallest absolute Gasteiger partial charge is 0.129 e. The normalized spacial score (nSPS) is 10.6. The zero-order valence-corrected chi connectivity index (χ0v) is 12.4. The highest BCUT2D eigenvalue weighted by Gasteiger charge is 2.01. The van der Waals surface area contributed by atoms with Crippen LogP contribution in [0.5, 0.6) is 0 Å². The predicted octanol–water partition coefficient (Wildman–Crippen LogP) is 3.84. The zero-order chi connectivity index (χ0) is 14.7. The number of aromatic nitrogens is 3. The fraction of sp³-hybridized carbons (Fsp3) is 0.125. The van der Waals surface area contributed by atoms with E-state index < -0.39 is 0 Å². The van der Waals surface area contributed by atoms with E-state index in [1.165, 1.54) is 5.56 Å². The number of nitrogens with one attached hydrogen (secondary N) is 1. The lowest BCUT2D eigenvalue weighted by Crippen LogP contribution is -2.02. The molecule has 3 aromatic rings. The molecule has 3 rings (SSSR count). The second-order valence-electron chi connectivity index (χ2n) is 4.74. The van der Waals surface area contributed by atoms with Crippen LogP contribution in [0.2, 0.25) is 5.15 Å². The minimum Gasteiger partial charge on any atom is -0.380 e. The number of hydrogen-bond acceptors (Lipinski definition) is 3. The van der Waals surface area contributed by atoms with Crippen molar-refractivity contribution >= 4 is 17.3 Å². The van der Waals surface area contributed by atoms with E-state index >= 15 is 0 Å². The highest BCUT2D eigenvalue weighted by molar-refractivity contribution is 6.29.